The van der Waals surface area contributed by atoms with Gasteiger partial charge in [0.15, 0.2) is 6.29 Å². The summed E-state index contributed by atoms with van der Waals surface area (Å²) in [6.45, 7) is 3.69. The fraction of sp³-hybridized carbons (Fsp3) is 0.765. The third-order valence-corrected chi connectivity index (χ3v) is 17.6. The van der Waals surface area contributed by atoms with Gasteiger partial charge in [0.2, 0.25) is 5.91 Å². The number of allylic oxidation sites excluding steroid dienone is 17. The Kier molecular flexibility index (Phi) is 64.8. The summed E-state index contributed by atoms with van der Waals surface area (Å²) in [6.07, 6.45) is 95.0. The summed E-state index contributed by atoms with van der Waals surface area (Å²) in [4.78, 5) is 13.2. The number of aliphatic hydroxyl groups is 5. The number of hydrogen-bond acceptors (Lipinski definition) is 8. The van der Waals surface area contributed by atoms with Gasteiger partial charge in [0.1, 0.15) is 24.4 Å². The van der Waals surface area contributed by atoms with Gasteiger partial charge in [-0.2, -0.15) is 0 Å². The van der Waals surface area contributed by atoms with Gasteiger partial charge in [0, 0.05) is 6.42 Å². The Balaban J connectivity index is 2.09. The molecule has 0 aromatic rings. The maximum absolute atomic E-state index is 13.2. The predicted octanol–water partition coefficient (Wildman–Crippen LogP) is 21.6. The van der Waals surface area contributed by atoms with E-state index in [9.17, 15) is 30.3 Å². The topological polar surface area (TPSA) is 149 Å². The highest BCUT2D eigenvalue weighted by Gasteiger charge is 2.44. The molecule has 6 N–H and O–H groups in total. The molecule has 1 aliphatic rings. The van der Waals surface area contributed by atoms with E-state index in [4.69, 9.17) is 9.47 Å². The molecule has 9 nitrogen and oxygen atoms in total. The molecule has 0 aliphatic carbocycles. The molecule has 7 atom stereocenters. The van der Waals surface area contributed by atoms with Crippen molar-refractivity contribution in [3.8, 4) is 0 Å². The molecule has 1 saturated heterocycles. The second kappa shape index (κ2) is 68.7. The Morgan fingerprint density at radius 1 is 0.389 bits per heavy atom. The molecule has 0 aromatic heterocycles. The Labute approximate surface area is 555 Å². The van der Waals surface area contributed by atoms with Crippen molar-refractivity contribution in [1.29, 1.82) is 0 Å². The standard InChI is InChI=1S/C81H143NO8/c1-3-5-7-9-11-13-15-17-19-21-23-25-27-29-31-32-33-34-35-36-37-38-39-40-41-42-43-44-45-47-49-51-53-55-57-59-61-63-65-67-69-71-77(85)82-74(73-89-81-80(88)79(87)78(86)76(72-83)90-81)75(84)70-68-66-64-62-60-58-56-54-52-50-48-46-30-28-26-24-22-20-18-16-14-12-10-8-6-4-2/h5,7,11,13,17,19,23,25,29,31,33-34,36-37,60,62,68,70,74-76,78-81,83-84,86-88H,3-4,6,8-10,12,14-16,18,20-22,24,26-28,30,32,35,38-59,61,63-67,69,71-73H2,1-2H3,(H,82,85)/b7-5-,13-11-,19-17-,25-23-,31-29-,34-33-,37-36-,62-60+,70-68+. The lowest BCUT2D eigenvalue weighted by Crippen LogP contribution is -2.60. The summed E-state index contributed by atoms with van der Waals surface area (Å²) in [5.74, 6) is -0.184. The minimum Gasteiger partial charge on any atom is -0.394 e. The van der Waals surface area contributed by atoms with Gasteiger partial charge in [0.05, 0.1) is 25.4 Å². The fourth-order valence-electron chi connectivity index (χ4n) is 11.7. The summed E-state index contributed by atoms with van der Waals surface area (Å²) in [6, 6.07) is -0.827. The molecular formula is C81H143NO8. The van der Waals surface area contributed by atoms with Gasteiger partial charge in [-0.1, -0.05) is 354 Å². The molecule has 1 aliphatic heterocycles. The van der Waals surface area contributed by atoms with Crippen LogP contribution in [0.25, 0.3) is 0 Å². The van der Waals surface area contributed by atoms with Crippen molar-refractivity contribution in [3.05, 3.63) is 109 Å². The Bertz CT molecular complexity index is 1800. The van der Waals surface area contributed by atoms with Crippen molar-refractivity contribution in [3.63, 3.8) is 0 Å². The number of aliphatic hydroxyl groups excluding tert-OH is 5. The maximum Gasteiger partial charge on any atom is 0.220 e. The summed E-state index contributed by atoms with van der Waals surface area (Å²) in [7, 11) is 0. The highest BCUT2D eigenvalue weighted by molar-refractivity contribution is 5.76. The number of carbonyl (C=O) groups is 1. The van der Waals surface area contributed by atoms with E-state index in [1.54, 1.807) is 6.08 Å². The van der Waals surface area contributed by atoms with Crippen LogP contribution in [0.4, 0.5) is 0 Å². The molecule has 0 bridgehead atoms. The normalized spacial score (nSPS) is 18.4. The molecule has 0 saturated carbocycles. The van der Waals surface area contributed by atoms with E-state index in [1.807, 2.05) is 6.08 Å². The first-order valence-corrected chi connectivity index (χ1v) is 38.1. The maximum atomic E-state index is 13.2. The zero-order chi connectivity index (χ0) is 64.9. The van der Waals surface area contributed by atoms with Crippen LogP contribution < -0.4 is 5.32 Å². The van der Waals surface area contributed by atoms with E-state index < -0.39 is 49.5 Å². The average molecular weight is 1260 g/mol. The zero-order valence-corrected chi connectivity index (χ0v) is 58.4. The van der Waals surface area contributed by atoms with E-state index in [2.05, 4.69) is 116 Å². The molecule has 0 aromatic carbocycles. The molecule has 1 amide bonds. The predicted molar refractivity (Wildman–Crippen MR) is 387 cm³/mol. The molecule has 1 heterocycles. The third-order valence-electron chi connectivity index (χ3n) is 17.6. The molecule has 1 fully saturated rings. The van der Waals surface area contributed by atoms with Crippen LogP contribution in [0, 0.1) is 0 Å². The SMILES string of the molecule is CC/C=C\C/C=C\C/C=C\C/C=C\C/C=C\C/C=C\C/C=C\CCCCCCCCCCCCCCCCCCCCCC(=O)NC(COC1OC(CO)C(O)C(O)C1O)C(O)/C=C/CC/C=C/CCCCCCCCCCCCCCCCCCCCCC. The van der Waals surface area contributed by atoms with Crippen molar-refractivity contribution in [2.75, 3.05) is 13.2 Å². The second-order valence-electron chi connectivity index (χ2n) is 26.1. The van der Waals surface area contributed by atoms with Gasteiger partial charge >= 0.3 is 0 Å². The van der Waals surface area contributed by atoms with E-state index >= 15 is 0 Å². The Morgan fingerprint density at radius 3 is 1.07 bits per heavy atom. The van der Waals surface area contributed by atoms with Crippen LogP contribution in [0.3, 0.4) is 0 Å². The number of hydrogen-bond donors (Lipinski definition) is 6. The lowest BCUT2D eigenvalue weighted by atomic mass is 9.99. The van der Waals surface area contributed by atoms with Crippen molar-refractivity contribution in [2.24, 2.45) is 0 Å². The van der Waals surface area contributed by atoms with Gasteiger partial charge in [-0.15, -0.1) is 0 Å². The molecule has 1 rings (SSSR count). The van der Waals surface area contributed by atoms with Crippen LogP contribution in [0.15, 0.2) is 109 Å². The van der Waals surface area contributed by atoms with E-state index in [0.717, 1.165) is 83.5 Å². The molecule has 9 heteroatoms. The second-order valence-corrected chi connectivity index (χ2v) is 26.1. The lowest BCUT2D eigenvalue weighted by Gasteiger charge is -2.40. The van der Waals surface area contributed by atoms with Crippen LogP contribution in [0.2, 0.25) is 0 Å². The number of unbranched alkanes of at least 4 members (excludes halogenated alkanes) is 40. The summed E-state index contributed by atoms with van der Waals surface area (Å²) in [5, 5.41) is 54.8. The monoisotopic (exact) mass is 1260 g/mol. The fourth-order valence-corrected chi connectivity index (χ4v) is 11.7. The number of nitrogens with one attached hydrogen (secondary N) is 1. The largest absolute Gasteiger partial charge is 0.394 e. The summed E-state index contributed by atoms with van der Waals surface area (Å²) < 4.78 is 11.3. The van der Waals surface area contributed by atoms with Crippen molar-refractivity contribution < 1.29 is 39.8 Å². The van der Waals surface area contributed by atoms with Crippen LogP contribution in [-0.2, 0) is 14.3 Å². The smallest absolute Gasteiger partial charge is 0.220 e. The van der Waals surface area contributed by atoms with Crippen LogP contribution in [0.1, 0.15) is 341 Å². The molecule has 90 heavy (non-hydrogen) atoms. The van der Waals surface area contributed by atoms with Crippen molar-refractivity contribution >= 4 is 5.91 Å². The van der Waals surface area contributed by atoms with Gasteiger partial charge in [-0.05, 0) is 89.9 Å². The minimum atomic E-state index is -1.58. The van der Waals surface area contributed by atoms with Crippen LogP contribution in [-0.4, -0.2) is 87.5 Å². The van der Waals surface area contributed by atoms with E-state index in [1.165, 1.54) is 238 Å². The number of carbonyl (C=O) groups excluding carboxylic acids is 1. The van der Waals surface area contributed by atoms with Gasteiger partial charge < -0.3 is 40.3 Å². The van der Waals surface area contributed by atoms with E-state index in [-0.39, 0.29) is 12.5 Å². The third kappa shape index (κ3) is 56.4. The van der Waals surface area contributed by atoms with Crippen LogP contribution >= 0.6 is 0 Å². The van der Waals surface area contributed by atoms with Gasteiger partial charge in [0.25, 0.3) is 0 Å². The summed E-state index contributed by atoms with van der Waals surface area (Å²) in [5.41, 5.74) is 0. The first-order valence-electron chi connectivity index (χ1n) is 38.1. The first-order chi connectivity index (χ1) is 44.3. The Morgan fingerprint density at radius 2 is 0.700 bits per heavy atom. The van der Waals surface area contributed by atoms with E-state index in [0.29, 0.717) is 6.42 Å². The van der Waals surface area contributed by atoms with Gasteiger partial charge in [-0.25, -0.2) is 0 Å². The molecule has 0 spiro atoms. The van der Waals surface area contributed by atoms with Crippen molar-refractivity contribution in [2.45, 2.75) is 384 Å². The molecule has 0 radical (unpaired) electrons. The average Bonchev–Trinajstić information content (AvgIpc) is 1.28. The summed E-state index contributed by atoms with van der Waals surface area (Å²) >= 11 is 0. The molecule has 7 unspecified atom stereocenters. The number of rotatable bonds is 66. The van der Waals surface area contributed by atoms with Crippen LogP contribution in [0.5, 0.6) is 0 Å². The quantitative estimate of drug-likeness (QED) is 0.0261. The lowest BCUT2D eigenvalue weighted by molar-refractivity contribution is -0.302. The number of amides is 1. The number of ether oxygens (including phenoxy) is 2. The first kappa shape index (κ1) is 84.9. The highest BCUT2D eigenvalue weighted by Crippen LogP contribution is 2.23. The van der Waals surface area contributed by atoms with Gasteiger partial charge in [-0.3, -0.25) is 4.79 Å². The Hall–Kier alpha value is -3.15. The highest BCUT2D eigenvalue weighted by atomic mass is 16.7. The molecular weight excluding hydrogens is 1110 g/mol. The zero-order valence-electron chi connectivity index (χ0n) is 58.4. The molecule has 520 valence electrons. The minimum absolute atomic E-state index is 0.184. The van der Waals surface area contributed by atoms with Crippen molar-refractivity contribution in [1.82, 2.24) is 5.32 Å².